The van der Waals surface area contributed by atoms with E-state index in [4.69, 9.17) is 17.0 Å². The van der Waals surface area contributed by atoms with Crippen LogP contribution in [0.15, 0.2) is 48.5 Å². The standard InChI is InChI=1S/C25H31N3O3S/c1-3-17(2)31-20-15-13-18(14-16-20)23(29)28-25(32)27-22-12-8-7-11-21(22)24(30)26-19-9-5-4-6-10-19/h7-8,11-17,19H,3-6,9-10H2,1-2H3,(H,26,30)(H2,27,28,29,32). The molecule has 0 heterocycles. The molecule has 0 saturated heterocycles. The predicted molar refractivity (Wildman–Crippen MR) is 131 cm³/mol. The average molecular weight is 454 g/mol. The molecule has 2 amide bonds. The Morgan fingerprint density at radius 2 is 1.72 bits per heavy atom. The average Bonchev–Trinajstić information content (AvgIpc) is 2.80. The van der Waals surface area contributed by atoms with E-state index in [2.05, 4.69) is 22.9 Å². The normalized spacial score (nSPS) is 14.8. The maximum Gasteiger partial charge on any atom is 0.257 e. The number of carbonyl (C=O) groups excluding carboxylic acids is 2. The summed E-state index contributed by atoms with van der Waals surface area (Å²) < 4.78 is 5.74. The van der Waals surface area contributed by atoms with Crippen molar-refractivity contribution >= 4 is 34.8 Å². The van der Waals surface area contributed by atoms with Crippen LogP contribution in [0.1, 0.15) is 73.1 Å². The highest BCUT2D eigenvalue weighted by atomic mass is 32.1. The van der Waals surface area contributed by atoms with Gasteiger partial charge in [0.1, 0.15) is 5.75 Å². The molecule has 3 rings (SSSR count). The molecule has 0 spiro atoms. The molecule has 1 atom stereocenters. The summed E-state index contributed by atoms with van der Waals surface area (Å²) in [7, 11) is 0. The van der Waals surface area contributed by atoms with E-state index in [1.54, 1.807) is 36.4 Å². The van der Waals surface area contributed by atoms with Crippen molar-refractivity contribution in [2.24, 2.45) is 0 Å². The second-order valence-corrected chi connectivity index (χ2v) is 8.53. The van der Waals surface area contributed by atoms with Crippen molar-refractivity contribution in [1.29, 1.82) is 0 Å². The SMILES string of the molecule is CCC(C)Oc1ccc(C(=O)NC(=S)Nc2ccccc2C(=O)NC2CCCCC2)cc1. The lowest BCUT2D eigenvalue weighted by molar-refractivity contribution is 0.0927. The first-order valence-corrected chi connectivity index (χ1v) is 11.7. The van der Waals surface area contributed by atoms with Gasteiger partial charge in [0.25, 0.3) is 11.8 Å². The zero-order valence-corrected chi connectivity index (χ0v) is 19.5. The molecule has 1 unspecified atom stereocenters. The van der Waals surface area contributed by atoms with Gasteiger partial charge in [-0.3, -0.25) is 14.9 Å². The van der Waals surface area contributed by atoms with E-state index in [-0.39, 0.29) is 29.1 Å². The Balaban J connectivity index is 1.58. The first-order chi connectivity index (χ1) is 15.5. The van der Waals surface area contributed by atoms with Gasteiger partial charge in [-0.1, -0.05) is 38.3 Å². The number of anilines is 1. The highest BCUT2D eigenvalue weighted by Gasteiger charge is 2.19. The number of carbonyl (C=O) groups is 2. The smallest absolute Gasteiger partial charge is 0.257 e. The minimum Gasteiger partial charge on any atom is -0.491 e. The summed E-state index contributed by atoms with van der Waals surface area (Å²) >= 11 is 5.32. The van der Waals surface area contributed by atoms with Crippen LogP contribution in [0.5, 0.6) is 5.75 Å². The molecule has 1 aliphatic carbocycles. The molecular weight excluding hydrogens is 422 g/mol. The number of hydrogen-bond acceptors (Lipinski definition) is 4. The number of amides is 2. The van der Waals surface area contributed by atoms with Crippen LogP contribution in [0, 0.1) is 0 Å². The van der Waals surface area contributed by atoms with Gasteiger partial charge in [0.2, 0.25) is 0 Å². The van der Waals surface area contributed by atoms with Crippen LogP contribution < -0.4 is 20.7 Å². The predicted octanol–water partition coefficient (Wildman–Crippen LogP) is 5.05. The summed E-state index contributed by atoms with van der Waals surface area (Å²) in [4.78, 5) is 25.4. The minimum atomic E-state index is -0.332. The highest BCUT2D eigenvalue weighted by Crippen LogP contribution is 2.20. The lowest BCUT2D eigenvalue weighted by atomic mass is 9.95. The summed E-state index contributed by atoms with van der Waals surface area (Å²) in [5.74, 6) is 0.252. The largest absolute Gasteiger partial charge is 0.491 e. The van der Waals surface area contributed by atoms with E-state index in [1.807, 2.05) is 19.1 Å². The fourth-order valence-electron chi connectivity index (χ4n) is 3.63. The van der Waals surface area contributed by atoms with Crippen molar-refractivity contribution in [2.75, 3.05) is 5.32 Å². The highest BCUT2D eigenvalue weighted by molar-refractivity contribution is 7.80. The molecule has 0 aromatic heterocycles. The Bertz CT molecular complexity index is 940. The Kier molecular flexibility index (Phi) is 8.62. The Labute approximate surface area is 195 Å². The van der Waals surface area contributed by atoms with Crippen LogP contribution in [0.4, 0.5) is 5.69 Å². The molecule has 1 aliphatic rings. The summed E-state index contributed by atoms with van der Waals surface area (Å²) in [6.45, 7) is 4.05. The van der Waals surface area contributed by atoms with Gasteiger partial charge in [-0.15, -0.1) is 0 Å². The summed E-state index contributed by atoms with van der Waals surface area (Å²) in [6.07, 6.45) is 6.56. The van der Waals surface area contributed by atoms with Crippen LogP contribution in [0.25, 0.3) is 0 Å². The molecule has 6 nitrogen and oxygen atoms in total. The molecule has 170 valence electrons. The molecule has 0 radical (unpaired) electrons. The van der Waals surface area contributed by atoms with Gasteiger partial charge >= 0.3 is 0 Å². The second kappa shape index (κ2) is 11.6. The molecule has 0 aliphatic heterocycles. The first kappa shape index (κ1) is 23.7. The van der Waals surface area contributed by atoms with Crippen molar-refractivity contribution in [2.45, 2.75) is 64.5 Å². The number of thiocarbonyl (C=S) groups is 1. The molecule has 0 bridgehead atoms. The summed E-state index contributed by atoms with van der Waals surface area (Å²) in [6, 6.07) is 14.3. The maximum atomic E-state index is 12.8. The van der Waals surface area contributed by atoms with Crippen LogP contribution in [-0.4, -0.2) is 29.1 Å². The third kappa shape index (κ3) is 6.79. The molecular formula is C25H31N3O3S. The fourth-order valence-corrected chi connectivity index (χ4v) is 3.83. The molecule has 2 aromatic rings. The Morgan fingerprint density at radius 1 is 1.03 bits per heavy atom. The lowest BCUT2D eigenvalue weighted by Crippen LogP contribution is -2.37. The van der Waals surface area contributed by atoms with E-state index in [1.165, 1.54) is 6.42 Å². The zero-order valence-electron chi connectivity index (χ0n) is 18.6. The van der Waals surface area contributed by atoms with Crippen molar-refractivity contribution in [1.82, 2.24) is 10.6 Å². The molecule has 3 N–H and O–H groups in total. The topological polar surface area (TPSA) is 79.5 Å². The fraction of sp³-hybridized carbons (Fsp3) is 0.400. The van der Waals surface area contributed by atoms with E-state index >= 15 is 0 Å². The van der Waals surface area contributed by atoms with Crippen molar-refractivity contribution in [3.05, 3.63) is 59.7 Å². The molecule has 1 saturated carbocycles. The van der Waals surface area contributed by atoms with E-state index in [0.717, 1.165) is 37.9 Å². The molecule has 2 aromatic carbocycles. The number of para-hydroxylation sites is 1. The Morgan fingerprint density at radius 3 is 2.41 bits per heavy atom. The summed E-state index contributed by atoms with van der Waals surface area (Å²) in [5.41, 5.74) is 1.53. The lowest BCUT2D eigenvalue weighted by Gasteiger charge is -2.23. The monoisotopic (exact) mass is 453 g/mol. The molecule has 7 heteroatoms. The number of ether oxygens (including phenoxy) is 1. The summed E-state index contributed by atoms with van der Waals surface area (Å²) in [5, 5.41) is 8.91. The van der Waals surface area contributed by atoms with Crippen LogP contribution in [-0.2, 0) is 0 Å². The van der Waals surface area contributed by atoms with Gasteiger partial charge in [-0.25, -0.2) is 0 Å². The minimum absolute atomic E-state index is 0.113. The maximum absolute atomic E-state index is 12.8. The van der Waals surface area contributed by atoms with E-state index in [0.29, 0.717) is 16.8 Å². The van der Waals surface area contributed by atoms with Gasteiger partial charge in [0.15, 0.2) is 5.11 Å². The van der Waals surface area contributed by atoms with Crippen LogP contribution in [0.3, 0.4) is 0 Å². The molecule has 1 fully saturated rings. The van der Waals surface area contributed by atoms with E-state index < -0.39 is 0 Å². The van der Waals surface area contributed by atoms with Crippen molar-refractivity contribution in [3.63, 3.8) is 0 Å². The van der Waals surface area contributed by atoms with Gasteiger partial charge in [-0.2, -0.15) is 0 Å². The number of nitrogens with one attached hydrogen (secondary N) is 3. The third-order valence-corrected chi connectivity index (χ3v) is 5.82. The van der Waals surface area contributed by atoms with Gasteiger partial charge in [0.05, 0.1) is 17.4 Å². The quantitative estimate of drug-likeness (QED) is 0.511. The van der Waals surface area contributed by atoms with Crippen LogP contribution in [0.2, 0.25) is 0 Å². The second-order valence-electron chi connectivity index (χ2n) is 8.12. The Hall–Kier alpha value is -2.93. The van der Waals surface area contributed by atoms with Gasteiger partial charge in [0, 0.05) is 11.6 Å². The van der Waals surface area contributed by atoms with Crippen LogP contribution >= 0.6 is 12.2 Å². The molecule has 32 heavy (non-hydrogen) atoms. The number of hydrogen-bond donors (Lipinski definition) is 3. The first-order valence-electron chi connectivity index (χ1n) is 11.2. The van der Waals surface area contributed by atoms with Crippen molar-refractivity contribution < 1.29 is 14.3 Å². The van der Waals surface area contributed by atoms with Crippen molar-refractivity contribution in [3.8, 4) is 5.75 Å². The van der Waals surface area contributed by atoms with Gasteiger partial charge < -0.3 is 15.4 Å². The van der Waals surface area contributed by atoms with Gasteiger partial charge in [-0.05, 0) is 74.8 Å². The number of benzene rings is 2. The number of rotatable bonds is 7. The zero-order chi connectivity index (χ0) is 22.9. The third-order valence-electron chi connectivity index (χ3n) is 5.62. The van der Waals surface area contributed by atoms with E-state index in [9.17, 15) is 9.59 Å².